The monoisotopic (exact) mass is 323 g/mol. The molecule has 0 spiro atoms. The van der Waals surface area contributed by atoms with Crippen LogP contribution in [0.1, 0.15) is 56.9 Å². The zero-order chi connectivity index (χ0) is 17.3. The average Bonchev–Trinajstić information content (AvgIpc) is 2.88. The van der Waals surface area contributed by atoms with Gasteiger partial charge in [0.25, 0.3) is 0 Å². The van der Waals surface area contributed by atoms with Gasteiger partial charge in [-0.25, -0.2) is 4.98 Å². The van der Waals surface area contributed by atoms with Gasteiger partial charge in [0, 0.05) is 23.3 Å². The lowest BCUT2D eigenvalue weighted by molar-refractivity contribution is 0.660. The molecule has 0 amide bonds. The number of hydrogen-bond donors (Lipinski definition) is 1. The largest absolute Gasteiger partial charge is 0.398 e. The molecule has 2 aromatic heterocycles. The molecule has 0 aliphatic heterocycles. The SMILES string of the molecule is CCCCn1c2ccc(C)cc2c2c(N)c(CCC)c(CC)nc21. The maximum atomic E-state index is 6.69. The standard InChI is InChI=1S/C21H29N3/c1-5-8-12-24-18-11-10-14(4)13-16(18)19-20(22)15(9-6-2)17(7-3)23-21(19)24/h10-11,13H,5-9,12H2,1-4H3,(H2,22,23). The van der Waals surface area contributed by atoms with Gasteiger partial charge >= 0.3 is 0 Å². The number of aryl methyl sites for hydroxylation is 3. The molecule has 2 N–H and O–H groups in total. The van der Waals surface area contributed by atoms with Crippen LogP contribution in [0.25, 0.3) is 21.9 Å². The molecule has 0 aliphatic carbocycles. The van der Waals surface area contributed by atoms with Gasteiger partial charge in [0.2, 0.25) is 0 Å². The van der Waals surface area contributed by atoms with Crippen LogP contribution in [0.4, 0.5) is 5.69 Å². The van der Waals surface area contributed by atoms with E-state index in [4.69, 9.17) is 10.7 Å². The van der Waals surface area contributed by atoms with Crippen molar-refractivity contribution >= 4 is 27.6 Å². The van der Waals surface area contributed by atoms with E-state index in [0.29, 0.717) is 0 Å². The predicted octanol–water partition coefficient (Wildman–Crippen LogP) is 5.40. The average molecular weight is 323 g/mol. The number of fused-ring (bicyclic) bond motifs is 3. The summed E-state index contributed by atoms with van der Waals surface area (Å²) in [4.78, 5) is 5.08. The van der Waals surface area contributed by atoms with Crippen LogP contribution in [0.3, 0.4) is 0 Å². The first-order valence-corrected chi connectivity index (χ1v) is 9.32. The quantitative estimate of drug-likeness (QED) is 0.660. The minimum absolute atomic E-state index is 0.934. The van der Waals surface area contributed by atoms with E-state index in [2.05, 4.69) is 50.5 Å². The summed E-state index contributed by atoms with van der Waals surface area (Å²) in [6.07, 6.45) is 5.37. The lowest BCUT2D eigenvalue weighted by Gasteiger charge is -2.13. The van der Waals surface area contributed by atoms with Gasteiger partial charge in [0.05, 0.1) is 10.9 Å². The van der Waals surface area contributed by atoms with Gasteiger partial charge in [0.1, 0.15) is 5.65 Å². The van der Waals surface area contributed by atoms with E-state index in [9.17, 15) is 0 Å². The van der Waals surface area contributed by atoms with Crippen molar-refractivity contribution in [2.24, 2.45) is 0 Å². The highest BCUT2D eigenvalue weighted by Gasteiger charge is 2.19. The van der Waals surface area contributed by atoms with Gasteiger partial charge in [-0.05, 0) is 43.9 Å². The Morgan fingerprint density at radius 1 is 1.12 bits per heavy atom. The highest BCUT2D eigenvalue weighted by atomic mass is 15.0. The van der Waals surface area contributed by atoms with Crippen LogP contribution in [0, 0.1) is 6.92 Å². The number of hydrogen-bond acceptors (Lipinski definition) is 2. The number of aromatic nitrogens is 2. The zero-order valence-corrected chi connectivity index (χ0v) is 15.4. The van der Waals surface area contributed by atoms with Gasteiger partial charge < -0.3 is 10.3 Å². The molecule has 3 rings (SSSR count). The van der Waals surface area contributed by atoms with Crippen LogP contribution in [0.5, 0.6) is 0 Å². The number of unbranched alkanes of at least 4 members (excludes halogenated alkanes) is 1. The Kier molecular flexibility index (Phi) is 4.79. The highest BCUT2D eigenvalue weighted by molar-refractivity contribution is 6.13. The van der Waals surface area contributed by atoms with E-state index >= 15 is 0 Å². The molecule has 24 heavy (non-hydrogen) atoms. The maximum Gasteiger partial charge on any atom is 0.143 e. The molecule has 0 fully saturated rings. The first kappa shape index (κ1) is 16.8. The summed E-state index contributed by atoms with van der Waals surface area (Å²) in [5, 5.41) is 2.41. The number of benzene rings is 1. The van der Waals surface area contributed by atoms with E-state index in [1.165, 1.54) is 34.1 Å². The summed E-state index contributed by atoms with van der Waals surface area (Å²) >= 11 is 0. The second kappa shape index (κ2) is 6.84. The maximum absolute atomic E-state index is 6.69. The Bertz CT molecular complexity index is 874. The molecule has 2 heterocycles. The van der Waals surface area contributed by atoms with Gasteiger partial charge in [-0.3, -0.25) is 0 Å². The first-order valence-electron chi connectivity index (χ1n) is 9.32. The number of nitrogens with two attached hydrogens (primary N) is 1. The van der Waals surface area contributed by atoms with E-state index in [1.54, 1.807) is 0 Å². The molecule has 1 aromatic carbocycles. The molecular weight excluding hydrogens is 294 g/mol. The minimum Gasteiger partial charge on any atom is -0.398 e. The molecule has 0 bridgehead atoms. The minimum atomic E-state index is 0.934. The molecule has 0 saturated heterocycles. The molecule has 0 saturated carbocycles. The van der Waals surface area contributed by atoms with Gasteiger partial charge in [-0.1, -0.05) is 45.2 Å². The third-order valence-electron chi connectivity index (χ3n) is 4.95. The van der Waals surface area contributed by atoms with Crippen LogP contribution < -0.4 is 5.73 Å². The van der Waals surface area contributed by atoms with Crippen LogP contribution in [0.15, 0.2) is 18.2 Å². The third kappa shape index (κ3) is 2.66. The second-order valence-electron chi connectivity index (χ2n) is 6.78. The fraction of sp³-hybridized carbons (Fsp3) is 0.476. The van der Waals surface area contributed by atoms with Gasteiger partial charge in [-0.15, -0.1) is 0 Å². The lowest BCUT2D eigenvalue weighted by atomic mass is 10.0. The Balaban J connectivity index is 2.41. The van der Waals surface area contributed by atoms with Crippen molar-refractivity contribution in [2.45, 2.75) is 66.3 Å². The Morgan fingerprint density at radius 3 is 2.58 bits per heavy atom. The topological polar surface area (TPSA) is 43.8 Å². The molecule has 0 unspecified atom stereocenters. The summed E-state index contributed by atoms with van der Waals surface area (Å²) < 4.78 is 2.37. The van der Waals surface area contributed by atoms with Crippen LogP contribution in [0.2, 0.25) is 0 Å². The van der Waals surface area contributed by atoms with E-state index in [-0.39, 0.29) is 0 Å². The smallest absolute Gasteiger partial charge is 0.143 e. The summed E-state index contributed by atoms with van der Waals surface area (Å²) in [5.74, 6) is 0. The summed E-state index contributed by atoms with van der Waals surface area (Å²) in [6.45, 7) is 9.76. The number of nitrogen functional groups attached to an aromatic ring is 1. The fourth-order valence-electron chi connectivity index (χ4n) is 3.70. The predicted molar refractivity (Wildman–Crippen MR) is 105 cm³/mol. The van der Waals surface area contributed by atoms with E-state index in [1.807, 2.05) is 0 Å². The van der Waals surface area contributed by atoms with E-state index in [0.717, 1.165) is 48.9 Å². The summed E-state index contributed by atoms with van der Waals surface area (Å²) in [7, 11) is 0. The third-order valence-corrected chi connectivity index (χ3v) is 4.95. The fourth-order valence-corrected chi connectivity index (χ4v) is 3.70. The zero-order valence-electron chi connectivity index (χ0n) is 15.4. The number of pyridine rings is 1. The molecule has 128 valence electrons. The molecule has 0 atom stereocenters. The van der Waals surface area contributed by atoms with Crippen molar-refractivity contribution in [1.82, 2.24) is 9.55 Å². The summed E-state index contributed by atoms with van der Waals surface area (Å²) in [6, 6.07) is 6.68. The van der Waals surface area contributed by atoms with Crippen LogP contribution >= 0.6 is 0 Å². The van der Waals surface area contributed by atoms with Crippen molar-refractivity contribution in [1.29, 1.82) is 0 Å². The molecule has 3 heteroatoms. The van der Waals surface area contributed by atoms with Crippen LogP contribution in [-0.2, 0) is 19.4 Å². The normalized spacial score (nSPS) is 11.7. The molecule has 3 aromatic rings. The second-order valence-corrected chi connectivity index (χ2v) is 6.78. The first-order chi connectivity index (χ1) is 11.6. The molecule has 0 aliphatic rings. The Hall–Kier alpha value is -2.03. The molecular formula is C21H29N3. The van der Waals surface area contributed by atoms with Gasteiger partial charge in [-0.2, -0.15) is 0 Å². The highest BCUT2D eigenvalue weighted by Crippen LogP contribution is 2.36. The van der Waals surface area contributed by atoms with Crippen molar-refractivity contribution in [3.63, 3.8) is 0 Å². The van der Waals surface area contributed by atoms with Crippen molar-refractivity contribution in [3.05, 3.63) is 35.0 Å². The van der Waals surface area contributed by atoms with Gasteiger partial charge in [0.15, 0.2) is 0 Å². The molecule has 3 nitrogen and oxygen atoms in total. The summed E-state index contributed by atoms with van der Waals surface area (Å²) in [5.41, 5.74) is 13.7. The number of nitrogens with zero attached hydrogens (tertiary/aromatic N) is 2. The Labute approximate surface area is 144 Å². The number of anilines is 1. The number of rotatable bonds is 6. The molecule has 0 radical (unpaired) electrons. The van der Waals surface area contributed by atoms with E-state index < -0.39 is 0 Å². The van der Waals surface area contributed by atoms with Crippen molar-refractivity contribution in [3.8, 4) is 0 Å². The lowest BCUT2D eigenvalue weighted by Crippen LogP contribution is -2.06. The van der Waals surface area contributed by atoms with Crippen molar-refractivity contribution in [2.75, 3.05) is 5.73 Å². The van der Waals surface area contributed by atoms with Crippen LogP contribution in [-0.4, -0.2) is 9.55 Å². The Morgan fingerprint density at radius 2 is 1.92 bits per heavy atom. The van der Waals surface area contributed by atoms with Crippen molar-refractivity contribution < 1.29 is 0 Å².